The summed E-state index contributed by atoms with van der Waals surface area (Å²) in [7, 11) is 3.46. The second-order valence-corrected chi connectivity index (χ2v) is 8.18. The van der Waals surface area contributed by atoms with E-state index in [0.29, 0.717) is 32.1 Å². The second-order valence-electron chi connectivity index (χ2n) is 8.18. The van der Waals surface area contributed by atoms with Crippen LogP contribution in [0.2, 0.25) is 0 Å². The summed E-state index contributed by atoms with van der Waals surface area (Å²) in [6.07, 6.45) is 2.33. The molecule has 0 unspecified atom stereocenters. The molecule has 7 heteroatoms. The van der Waals surface area contributed by atoms with Crippen molar-refractivity contribution in [2.45, 2.75) is 38.8 Å². The molecular formula is C26H34FN3O3. The zero-order valence-corrected chi connectivity index (χ0v) is 19.7. The van der Waals surface area contributed by atoms with E-state index in [2.05, 4.69) is 11.8 Å². The van der Waals surface area contributed by atoms with Gasteiger partial charge in [0.2, 0.25) is 5.88 Å². The van der Waals surface area contributed by atoms with Crippen molar-refractivity contribution >= 4 is 0 Å². The van der Waals surface area contributed by atoms with Gasteiger partial charge < -0.3 is 14.6 Å². The predicted octanol–water partition coefficient (Wildman–Crippen LogP) is 5.02. The highest BCUT2D eigenvalue weighted by molar-refractivity contribution is 5.65. The number of methoxy groups -OCH3 is 1. The molecule has 178 valence electrons. The molecule has 1 aromatic heterocycles. The van der Waals surface area contributed by atoms with E-state index in [1.165, 1.54) is 6.07 Å². The van der Waals surface area contributed by atoms with Crippen molar-refractivity contribution in [2.24, 2.45) is 7.05 Å². The van der Waals surface area contributed by atoms with Gasteiger partial charge in [-0.15, -0.1) is 0 Å². The van der Waals surface area contributed by atoms with Gasteiger partial charge in [0, 0.05) is 39.4 Å². The van der Waals surface area contributed by atoms with Crippen LogP contribution in [0.25, 0.3) is 11.3 Å². The number of ether oxygens (including phenoxy) is 2. The topological polar surface area (TPSA) is 59.8 Å². The number of nitrogens with zero attached hydrogens (tertiary/aromatic N) is 3. The lowest BCUT2D eigenvalue weighted by Crippen LogP contribution is -2.34. The fourth-order valence-corrected chi connectivity index (χ4v) is 3.79. The summed E-state index contributed by atoms with van der Waals surface area (Å²) in [5.41, 5.74) is 2.56. The summed E-state index contributed by atoms with van der Waals surface area (Å²) in [5.74, 6) is 0.189. The number of halogens is 1. The fourth-order valence-electron chi connectivity index (χ4n) is 3.79. The first-order valence-corrected chi connectivity index (χ1v) is 11.5. The molecule has 0 aliphatic heterocycles. The third kappa shape index (κ3) is 6.87. The first-order valence-electron chi connectivity index (χ1n) is 11.5. The van der Waals surface area contributed by atoms with Gasteiger partial charge >= 0.3 is 0 Å². The SMILES string of the molecule is CCCC[C@H](O)CN(CCOC)Cc1c(-c2ccccc2)nn(C)c1Oc1ccccc1F. The van der Waals surface area contributed by atoms with Gasteiger partial charge in [0.25, 0.3) is 0 Å². The molecule has 3 aromatic rings. The number of rotatable bonds is 13. The van der Waals surface area contributed by atoms with Crippen LogP contribution in [0.3, 0.4) is 0 Å². The average molecular weight is 456 g/mol. The standard InChI is InChI=1S/C26H34FN3O3/c1-4-5-13-21(31)18-30(16-17-32-3)19-22-25(20-11-7-6-8-12-20)28-29(2)26(22)33-24-15-10-9-14-23(24)27/h6-12,14-15,21,31H,4-5,13,16-19H2,1-3H3/t21-/m0/s1. The van der Waals surface area contributed by atoms with Gasteiger partial charge in [0.05, 0.1) is 18.3 Å². The Kier molecular flexibility index (Phi) is 9.42. The van der Waals surface area contributed by atoms with Crippen LogP contribution in [0.1, 0.15) is 31.7 Å². The van der Waals surface area contributed by atoms with E-state index in [1.54, 1.807) is 37.0 Å². The summed E-state index contributed by atoms with van der Waals surface area (Å²) in [6.45, 7) is 4.27. The number of benzene rings is 2. The molecule has 33 heavy (non-hydrogen) atoms. The van der Waals surface area contributed by atoms with Crippen molar-refractivity contribution in [1.29, 1.82) is 0 Å². The van der Waals surface area contributed by atoms with E-state index in [9.17, 15) is 9.50 Å². The quantitative estimate of drug-likeness (QED) is 0.392. The highest BCUT2D eigenvalue weighted by atomic mass is 19.1. The Hall–Kier alpha value is -2.74. The zero-order chi connectivity index (χ0) is 23.6. The van der Waals surface area contributed by atoms with Crippen LogP contribution in [0.4, 0.5) is 4.39 Å². The number of aliphatic hydroxyl groups is 1. The second kappa shape index (κ2) is 12.5. The van der Waals surface area contributed by atoms with Crippen LogP contribution in [-0.4, -0.2) is 52.7 Å². The van der Waals surface area contributed by atoms with Crippen LogP contribution < -0.4 is 4.74 Å². The van der Waals surface area contributed by atoms with Crippen molar-refractivity contribution < 1.29 is 19.0 Å². The molecule has 0 radical (unpaired) electrons. The first kappa shape index (κ1) is 24.9. The summed E-state index contributed by atoms with van der Waals surface area (Å²) < 4.78 is 27.4. The number of hydrogen-bond donors (Lipinski definition) is 1. The monoisotopic (exact) mass is 455 g/mol. The Balaban J connectivity index is 1.97. The molecule has 1 heterocycles. The number of para-hydroxylation sites is 1. The van der Waals surface area contributed by atoms with Crippen LogP contribution in [0.15, 0.2) is 54.6 Å². The predicted molar refractivity (Wildman–Crippen MR) is 128 cm³/mol. The van der Waals surface area contributed by atoms with E-state index < -0.39 is 11.9 Å². The highest BCUT2D eigenvalue weighted by Crippen LogP contribution is 2.35. The normalized spacial score (nSPS) is 12.3. The lowest BCUT2D eigenvalue weighted by molar-refractivity contribution is 0.0788. The summed E-state index contributed by atoms with van der Waals surface area (Å²) in [5, 5.41) is 15.3. The van der Waals surface area contributed by atoms with Gasteiger partial charge in [-0.3, -0.25) is 4.90 Å². The fraction of sp³-hybridized carbons (Fsp3) is 0.423. The number of unbranched alkanes of at least 4 members (excludes halogenated alkanes) is 1. The summed E-state index contributed by atoms with van der Waals surface area (Å²) >= 11 is 0. The molecule has 0 saturated carbocycles. The minimum Gasteiger partial charge on any atom is -0.436 e. The van der Waals surface area contributed by atoms with E-state index in [-0.39, 0.29) is 5.75 Å². The molecular weight excluding hydrogens is 421 g/mol. The van der Waals surface area contributed by atoms with E-state index >= 15 is 0 Å². The number of aryl methyl sites for hydroxylation is 1. The number of aliphatic hydroxyl groups excluding tert-OH is 1. The van der Waals surface area contributed by atoms with Gasteiger partial charge in [-0.1, -0.05) is 62.2 Å². The van der Waals surface area contributed by atoms with Gasteiger partial charge in [0.1, 0.15) is 5.69 Å². The maximum Gasteiger partial charge on any atom is 0.222 e. The molecule has 0 fully saturated rings. The first-order chi connectivity index (χ1) is 16.0. The van der Waals surface area contributed by atoms with Crippen LogP contribution in [-0.2, 0) is 18.3 Å². The maximum atomic E-state index is 14.4. The molecule has 0 aliphatic carbocycles. The lowest BCUT2D eigenvalue weighted by Gasteiger charge is -2.25. The van der Waals surface area contributed by atoms with Crippen molar-refractivity contribution in [3.63, 3.8) is 0 Å². The van der Waals surface area contributed by atoms with Crippen molar-refractivity contribution in [1.82, 2.24) is 14.7 Å². The van der Waals surface area contributed by atoms with Gasteiger partial charge in [0.15, 0.2) is 11.6 Å². The van der Waals surface area contributed by atoms with Crippen molar-refractivity contribution in [3.05, 3.63) is 66.0 Å². The molecule has 0 aliphatic rings. The largest absolute Gasteiger partial charge is 0.436 e. The summed E-state index contributed by atoms with van der Waals surface area (Å²) in [4.78, 5) is 2.14. The van der Waals surface area contributed by atoms with Crippen LogP contribution >= 0.6 is 0 Å². The smallest absolute Gasteiger partial charge is 0.222 e. The molecule has 0 amide bonds. The summed E-state index contributed by atoms with van der Waals surface area (Å²) in [6, 6.07) is 16.2. The van der Waals surface area contributed by atoms with Crippen LogP contribution in [0.5, 0.6) is 11.6 Å². The third-order valence-corrected chi connectivity index (χ3v) is 5.53. The molecule has 0 spiro atoms. The Bertz CT molecular complexity index is 994. The van der Waals surface area contributed by atoms with E-state index in [0.717, 1.165) is 36.1 Å². The van der Waals surface area contributed by atoms with E-state index in [4.69, 9.17) is 14.6 Å². The van der Waals surface area contributed by atoms with Gasteiger partial charge in [-0.25, -0.2) is 9.07 Å². The van der Waals surface area contributed by atoms with Crippen molar-refractivity contribution in [3.8, 4) is 22.9 Å². The maximum absolute atomic E-state index is 14.4. The number of aromatic nitrogens is 2. The van der Waals surface area contributed by atoms with E-state index in [1.807, 2.05) is 30.3 Å². The third-order valence-electron chi connectivity index (χ3n) is 5.53. The van der Waals surface area contributed by atoms with Crippen molar-refractivity contribution in [2.75, 3.05) is 26.8 Å². The minimum atomic E-state index is -0.436. The molecule has 2 aromatic carbocycles. The Morgan fingerprint density at radius 2 is 1.85 bits per heavy atom. The zero-order valence-electron chi connectivity index (χ0n) is 19.7. The molecule has 6 nitrogen and oxygen atoms in total. The molecule has 1 N–H and O–H groups in total. The van der Waals surface area contributed by atoms with Gasteiger partial charge in [-0.2, -0.15) is 5.10 Å². The lowest BCUT2D eigenvalue weighted by atomic mass is 10.1. The molecule has 0 bridgehead atoms. The Labute approximate surface area is 195 Å². The highest BCUT2D eigenvalue weighted by Gasteiger charge is 2.24. The van der Waals surface area contributed by atoms with Gasteiger partial charge in [-0.05, 0) is 18.6 Å². The molecule has 1 atom stereocenters. The minimum absolute atomic E-state index is 0.146. The Morgan fingerprint density at radius 3 is 2.55 bits per heavy atom. The average Bonchev–Trinajstić information content (AvgIpc) is 3.13. The Morgan fingerprint density at radius 1 is 1.12 bits per heavy atom. The molecule has 0 saturated heterocycles. The number of hydrogen-bond acceptors (Lipinski definition) is 5. The van der Waals surface area contributed by atoms with Crippen LogP contribution in [0, 0.1) is 5.82 Å². The molecule has 3 rings (SSSR count).